The van der Waals surface area contributed by atoms with E-state index in [1.807, 2.05) is 41.4 Å². The van der Waals surface area contributed by atoms with Gasteiger partial charge in [0.15, 0.2) is 0 Å². The molecule has 4 aromatic rings. The number of carbonyl (C=O) groups excluding carboxylic acids is 1. The number of hydrogen-bond acceptors (Lipinski definition) is 2. The molecule has 1 atom stereocenters. The Hall–Kier alpha value is -4.32. The summed E-state index contributed by atoms with van der Waals surface area (Å²) in [7, 11) is 0. The van der Waals surface area contributed by atoms with Gasteiger partial charge in [-0.25, -0.2) is 0 Å². The highest BCUT2D eigenvalue weighted by molar-refractivity contribution is 5.82. The van der Waals surface area contributed by atoms with Gasteiger partial charge in [-0.05, 0) is 84.5 Å². The molecular weight excluding hydrogens is 617 g/mol. The topological polar surface area (TPSA) is 23.6 Å². The maximum atomic E-state index is 14.5. The third-order valence-electron chi connectivity index (χ3n) is 9.61. The summed E-state index contributed by atoms with van der Waals surface area (Å²) in [6, 6.07) is 34.3. The van der Waals surface area contributed by atoms with E-state index in [1.165, 1.54) is 36.1 Å². The Kier molecular flexibility index (Phi) is 13.1. The third-order valence-corrected chi connectivity index (χ3v) is 9.61. The molecule has 1 heterocycles. The predicted octanol–water partition coefficient (Wildman–Crippen LogP) is 10.1. The molecule has 1 aliphatic heterocycles. The van der Waals surface area contributed by atoms with Crippen LogP contribution in [0.4, 0.5) is 13.2 Å². The third kappa shape index (κ3) is 11.1. The highest BCUT2D eigenvalue weighted by Crippen LogP contribution is 2.30. The number of halogens is 3. The normalized spacial score (nSPS) is 14.7. The molecule has 1 aliphatic rings. The number of hydrogen-bond donors (Lipinski definition) is 0. The molecule has 0 unspecified atom stereocenters. The van der Waals surface area contributed by atoms with Gasteiger partial charge in [0.25, 0.3) is 0 Å². The summed E-state index contributed by atoms with van der Waals surface area (Å²) in [5.74, 6) is 0.639. The molecule has 5 rings (SSSR count). The highest BCUT2D eigenvalue weighted by atomic mass is 19.4. The lowest BCUT2D eigenvalue weighted by molar-refractivity contribution is -0.138. The fourth-order valence-corrected chi connectivity index (χ4v) is 6.77. The summed E-state index contributed by atoms with van der Waals surface area (Å²) in [5, 5.41) is 0. The zero-order chi connectivity index (χ0) is 34.5. The maximum Gasteiger partial charge on any atom is 0.416 e. The number of unbranched alkanes of at least 4 members (excludes halogenated alkanes) is 2. The summed E-state index contributed by atoms with van der Waals surface area (Å²) in [6.45, 7) is 4.16. The number of piperidine rings is 1. The quantitative estimate of drug-likeness (QED) is 0.118. The molecule has 0 saturated carbocycles. The lowest BCUT2D eigenvalue weighted by atomic mass is 9.89. The summed E-state index contributed by atoms with van der Waals surface area (Å²) < 4.78 is 40.3. The molecule has 0 spiro atoms. The zero-order valence-corrected chi connectivity index (χ0v) is 28.6. The van der Waals surface area contributed by atoms with Gasteiger partial charge in [0.2, 0.25) is 5.91 Å². The van der Waals surface area contributed by atoms with Gasteiger partial charge in [-0.2, -0.15) is 13.2 Å². The second-order valence-corrected chi connectivity index (χ2v) is 13.4. The van der Waals surface area contributed by atoms with Crippen molar-refractivity contribution < 1.29 is 18.0 Å². The minimum Gasteiger partial charge on any atom is -0.361 e. The van der Waals surface area contributed by atoms with Crippen LogP contribution in [0.1, 0.15) is 72.4 Å². The fourth-order valence-electron chi connectivity index (χ4n) is 6.77. The second kappa shape index (κ2) is 17.9. The van der Waals surface area contributed by atoms with Gasteiger partial charge in [0.1, 0.15) is 6.04 Å². The van der Waals surface area contributed by atoms with Crippen molar-refractivity contribution >= 4 is 5.91 Å². The van der Waals surface area contributed by atoms with Crippen LogP contribution in [0, 0.1) is 5.92 Å². The average Bonchev–Trinajstić information content (AvgIpc) is 3.12. The lowest BCUT2D eigenvalue weighted by Crippen LogP contribution is -2.50. The van der Waals surface area contributed by atoms with Crippen LogP contribution in [0.3, 0.4) is 0 Å². The lowest BCUT2D eigenvalue weighted by Gasteiger charge is -2.38. The van der Waals surface area contributed by atoms with Crippen LogP contribution in [-0.2, 0) is 43.2 Å². The van der Waals surface area contributed by atoms with Gasteiger partial charge in [-0.1, -0.05) is 129 Å². The molecule has 0 bridgehead atoms. The van der Waals surface area contributed by atoms with Crippen LogP contribution in [0.25, 0.3) is 0 Å². The highest BCUT2D eigenvalue weighted by Gasteiger charge is 2.32. The average molecular weight is 667 g/mol. The first-order valence-electron chi connectivity index (χ1n) is 17.8. The van der Waals surface area contributed by atoms with Gasteiger partial charge >= 0.3 is 6.18 Å². The molecule has 1 saturated heterocycles. The first-order valence-corrected chi connectivity index (χ1v) is 17.8. The van der Waals surface area contributed by atoms with Crippen molar-refractivity contribution in [3.8, 4) is 0 Å². The van der Waals surface area contributed by atoms with Crippen molar-refractivity contribution in [3.05, 3.63) is 155 Å². The van der Waals surface area contributed by atoms with Crippen molar-refractivity contribution in [2.24, 2.45) is 5.92 Å². The molecule has 3 nitrogen and oxygen atoms in total. The number of likely N-dealkylation sites (tertiary alicyclic amines) is 1. The van der Waals surface area contributed by atoms with Crippen LogP contribution in [0.15, 0.2) is 121 Å². The Morgan fingerprint density at radius 1 is 0.796 bits per heavy atom. The van der Waals surface area contributed by atoms with Crippen molar-refractivity contribution in [1.82, 2.24) is 9.80 Å². The molecule has 0 radical (unpaired) electrons. The van der Waals surface area contributed by atoms with Crippen molar-refractivity contribution in [2.75, 3.05) is 13.1 Å². The van der Waals surface area contributed by atoms with Crippen molar-refractivity contribution in [3.63, 3.8) is 0 Å². The molecule has 1 fully saturated rings. The standard InChI is InChI=1S/C43H49F3N2O/c1-2-3-6-13-34-21-23-39(24-22-34)33-48(27-12-19-36-18-11-20-40(31-36)43(44,45)46)41(32-37-16-9-5-10-17-37)42(49)47-28-25-38(26-29-47)30-35-14-7-4-8-15-35/h4-5,7-12,14-18,20-24,27,31,38,41H,2-3,6,13,19,25-26,28-30,32-33H2,1H3/t41-/m0/s1. The Morgan fingerprint density at radius 3 is 2.08 bits per heavy atom. The molecule has 0 aromatic heterocycles. The summed E-state index contributed by atoms with van der Waals surface area (Å²) in [6.07, 6.45) is 7.84. The molecule has 258 valence electrons. The Bertz CT molecular complexity index is 1590. The Balaban J connectivity index is 1.38. The van der Waals surface area contributed by atoms with Crippen LogP contribution in [-0.4, -0.2) is 34.8 Å². The fraction of sp³-hybridized carbons (Fsp3) is 0.372. The zero-order valence-electron chi connectivity index (χ0n) is 28.6. The van der Waals surface area contributed by atoms with E-state index < -0.39 is 17.8 Å². The monoisotopic (exact) mass is 666 g/mol. The van der Waals surface area contributed by atoms with E-state index in [-0.39, 0.29) is 5.91 Å². The molecule has 0 aliphatic carbocycles. The number of allylic oxidation sites excluding steroid dienone is 1. The molecule has 0 N–H and O–H groups in total. The number of amides is 1. The number of alkyl halides is 3. The summed E-state index contributed by atoms with van der Waals surface area (Å²) in [5.41, 5.74) is 4.73. The van der Waals surface area contributed by atoms with E-state index in [1.54, 1.807) is 6.07 Å². The van der Waals surface area contributed by atoms with Crippen LogP contribution < -0.4 is 0 Å². The Labute approximate surface area is 290 Å². The van der Waals surface area contributed by atoms with E-state index >= 15 is 0 Å². The number of rotatable bonds is 15. The van der Waals surface area contributed by atoms with Gasteiger partial charge < -0.3 is 9.80 Å². The predicted molar refractivity (Wildman–Crippen MR) is 193 cm³/mol. The number of benzene rings is 4. The van der Waals surface area contributed by atoms with E-state index in [4.69, 9.17) is 0 Å². The largest absolute Gasteiger partial charge is 0.416 e. The molecule has 1 amide bonds. The van der Waals surface area contributed by atoms with Crippen LogP contribution in [0.5, 0.6) is 0 Å². The molecular formula is C43H49F3N2O. The van der Waals surface area contributed by atoms with E-state index in [9.17, 15) is 18.0 Å². The van der Waals surface area contributed by atoms with E-state index in [2.05, 4.69) is 72.5 Å². The van der Waals surface area contributed by atoms with Gasteiger partial charge in [0, 0.05) is 26.1 Å². The number of carbonyl (C=O) groups is 1. The summed E-state index contributed by atoms with van der Waals surface area (Å²) in [4.78, 5) is 18.6. The van der Waals surface area contributed by atoms with E-state index in [0.717, 1.165) is 62.4 Å². The first kappa shape index (κ1) is 36.0. The maximum absolute atomic E-state index is 14.5. The van der Waals surface area contributed by atoms with E-state index in [0.29, 0.717) is 30.9 Å². The van der Waals surface area contributed by atoms with Crippen LogP contribution in [0.2, 0.25) is 0 Å². The number of aryl methyl sites for hydroxylation is 1. The second-order valence-electron chi connectivity index (χ2n) is 13.4. The molecule has 4 aromatic carbocycles. The molecule has 6 heteroatoms. The minimum atomic E-state index is -4.39. The first-order chi connectivity index (χ1) is 23.8. The minimum absolute atomic E-state index is 0.0990. The van der Waals surface area contributed by atoms with Crippen molar-refractivity contribution in [2.45, 2.75) is 83.5 Å². The van der Waals surface area contributed by atoms with Crippen LogP contribution >= 0.6 is 0 Å². The van der Waals surface area contributed by atoms with Gasteiger partial charge in [-0.15, -0.1) is 0 Å². The SMILES string of the molecule is CCCCCc1ccc(CN(C=CCc2cccc(C(F)(F)F)c2)[C@@H](Cc2ccccc2)C(=O)N2CCC(Cc3ccccc3)CC2)cc1. The molecule has 49 heavy (non-hydrogen) atoms. The van der Waals surface area contributed by atoms with Gasteiger partial charge in [0.05, 0.1) is 5.56 Å². The van der Waals surface area contributed by atoms with Gasteiger partial charge in [-0.3, -0.25) is 4.79 Å². The smallest absolute Gasteiger partial charge is 0.361 e. The Morgan fingerprint density at radius 2 is 1.43 bits per heavy atom. The van der Waals surface area contributed by atoms with Crippen molar-refractivity contribution in [1.29, 1.82) is 0 Å². The summed E-state index contributed by atoms with van der Waals surface area (Å²) >= 11 is 0. The number of nitrogens with zero attached hydrogens (tertiary/aromatic N) is 2.